The Morgan fingerprint density at radius 2 is 2.04 bits per heavy atom. The van der Waals surface area contributed by atoms with Crippen LogP contribution >= 0.6 is 0 Å². The summed E-state index contributed by atoms with van der Waals surface area (Å²) in [4.78, 5) is 38.2. The number of benzene rings is 1. The Labute approximate surface area is 159 Å². The molecule has 1 aromatic carbocycles. The molecule has 27 heavy (non-hydrogen) atoms. The summed E-state index contributed by atoms with van der Waals surface area (Å²) in [6.45, 7) is 3.56. The molecule has 0 bridgehead atoms. The number of carbonyl (C=O) groups excluding carboxylic acids is 3. The first-order valence-corrected chi connectivity index (χ1v) is 9.06. The molecule has 8 heteroatoms. The second kappa shape index (κ2) is 10.5. The van der Waals surface area contributed by atoms with Crippen LogP contribution in [0.3, 0.4) is 0 Å². The average molecular weight is 377 g/mol. The first-order valence-electron chi connectivity index (χ1n) is 9.06. The third-order valence-corrected chi connectivity index (χ3v) is 4.18. The third kappa shape index (κ3) is 6.56. The molecule has 8 nitrogen and oxygen atoms in total. The van der Waals surface area contributed by atoms with E-state index in [1.807, 2.05) is 13.0 Å². The number of hydrogen-bond acceptors (Lipinski definition) is 5. The van der Waals surface area contributed by atoms with Crippen molar-refractivity contribution in [3.8, 4) is 5.75 Å². The van der Waals surface area contributed by atoms with Gasteiger partial charge in [-0.1, -0.05) is 11.6 Å². The molecule has 0 unspecified atom stereocenters. The van der Waals surface area contributed by atoms with Gasteiger partial charge in [0.25, 0.3) is 5.91 Å². The summed E-state index contributed by atoms with van der Waals surface area (Å²) < 4.78 is 10.6. The number of aryl methyl sites for hydroxylation is 1. The van der Waals surface area contributed by atoms with E-state index in [9.17, 15) is 14.4 Å². The van der Waals surface area contributed by atoms with Crippen LogP contribution < -0.4 is 15.4 Å². The van der Waals surface area contributed by atoms with E-state index in [4.69, 9.17) is 9.47 Å². The molecule has 2 rings (SSSR count). The van der Waals surface area contributed by atoms with E-state index < -0.39 is 0 Å². The van der Waals surface area contributed by atoms with Crippen LogP contribution in [-0.4, -0.2) is 69.1 Å². The molecule has 0 fully saturated rings. The highest BCUT2D eigenvalue weighted by Gasteiger charge is 2.17. The molecule has 0 aromatic heterocycles. The second-order valence-corrected chi connectivity index (χ2v) is 6.37. The number of nitrogens with one attached hydrogen (secondary N) is 2. The lowest BCUT2D eigenvalue weighted by Crippen LogP contribution is -2.41. The Bertz CT molecular complexity index is 677. The summed E-state index contributed by atoms with van der Waals surface area (Å²) in [5, 5.41) is 5.62. The quantitative estimate of drug-likeness (QED) is 0.782. The van der Waals surface area contributed by atoms with Gasteiger partial charge in [0.1, 0.15) is 19.0 Å². The minimum atomic E-state index is -0.258. The number of methoxy groups -OCH3 is 1. The van der Waals surface area contributed by atoms with Gasteiger partial charge in [0.15, 0.2) is 0 Å². The molecule has 3 amide bonds. The van der Waals surface area contributed by atoms with Crippen molar-refractivity contribution < 1.29 is 23.9 Å². The van der Waals surface area contributed by atoms with Gasteiger partial charge in [-0.2, -0.15) is 0 Å². The minimum absolute atomic E-state index is 0.0317. The molecule has 0 saturated heterocycles. The van der Waals surface area contributed by atoms with Gasteiger partial charge >= 0.3 is 0 Å². The van der Waals surface area contributed by atoms with Gasteiger partial charge in [0, 0.05) is 33.2 Å². The van der Waals surface area contributed by atoms with Gasteiger partial charge < -0.3 is 25.0 Å². The summed E-state index contributed by atoms with van der Waals surface area (Å²) in [6.07, 6.45) is 0.856. The normalized spacial score (nSPS) is 16.9. The zero-order valence-corrected chi connectivity index (χ0v) is 15.9. The number of amides is 3. The van der Waals surface area contributed by atoms with Crippen LogP contribution in [0.25, 0.3) is 0 Å². The van der Waals surface area contributed by atoms with Gasteiger partial charge in [-0.25, -0.2) is 0 Å². The van der Waals surface area contributed by atoms with Gasteiger partial charge in [-0.15, -0.1) is 0 Å². The zero-order valence-electron chi connectivity index (χ0n) is 15.9. The summed E-state index contributed by atoms with van der Waals surface area (Å²) >= 11 is 0. The Morgan fingerprint density at radius 3 is 2.81 bits per heavy atom. The van der Waals surface area contributed by atoms with Gasteiger partial charge in [-0.3, -0.25) is 14.4 Å². The SMILES string of the molecule is COCC(=O)N1CCCC(=O)NCCOc2ccc(C)cc2C(=O)NCC1. The van der Waals surface area contributed by atoms with Crippen molar-refractivity contribution in [3.05, 3.63) is 29.3 Å². The summed E-state index contributed by atoms with van der Waals surface area (Å²) in [7, 11) is 1.46. The molecule has 0 aliphatic carbocycles. The molecule has 1 aliphatic rings. The van der Waals surface area contributed by atoms with Crippen LogP contribution in [-0.2, 0) is 14.3 Å². The number of nitrogens with zero attached hydrogens (tertiary/aromatic N) is 1. The monoisotopic (exact) mass is 377 g/mol. The summed E-state index contributed by atoms with van der Waals surface area (Å²) in [5.74, 6) is -0.0525. The van der Waals surface area contributed by atoms with Crippen LogP contribution in [0.4, 0.5) is 0 Å². The standard InChI is InChI=1S/C19H27N3O5/c1-14-5-6-16-15(12-14)19(25)21-7-10-22(18(24)13-26-2)9-3-4-17(23)20-8-11-27-16/h5-6,12H,3-4,7-11,13H2,1-2H3,(H,20,23)(H,21,25). The topological polar surface area (TPSA) is 97.0 Å². The largest absolute Gasteiger partial charge is 0.491 e. The molecule has 1 aliphatic heterocycles. The molecular formula is C19H27N3O5. The fourth-order valence-electron chi connectivity index (χ4n) is 2.79. The summed E-state index contributed by atoms with van der Waals surface area (Å²) in [6, 6.07) is 5.37. The first kappa shape index (κ1) is 20.7. The molecule has 0 atom stereocenters. The van der Waals surface area contributed by atoms with Crippen molar-refractivity contribution in [3.63, 3.8) is 0 Å². The molecule has 0 saturated carbocycles. The molecule has 0 radical (unpaired) electrons. The number of rotatable bonds is 2. The maximum atomic E-state index is 12.6. The predicted octanol–water partition coefficient (Wildman–Crippen LogP) is 0.489. The van der Waals surface area contributed by atoms with Crippen molar-refractivity contribution in [1.29, 1.82) is 0 Å². The Kier molecular flexibility index (Phi) is 8.06. The Morgan fingerprint density at radius 1 is 1.22 bits per heavy atom. The highest BCUT2D eigenvalue weighted by Crippen LogP contribution is 2.20. The molecule has 148 valence electrons. The van der Waals surface area contributed by atoms with Gasteiger partial charge in [-0.05, 0) is 25.5 Å². The predicted molar refractivity (Wildman–Crippen MR) is 99.7 cm³/mol. The van der Waals surface area contributed by atoms with Crippen molar-refractivity contribution in [2.24, 2.45) is 0 Å². The van der Waals surface area contributed by atoms with Crippen molar-refractivity contribution in [2.45, 2.75) is 19.8 Å². The van der Waals surface area contributed by atoms with Crippen LogP contribution in [0.1, 0.15) is 28.8 Å². The molecule has 1 aromatic rings. The maximum absolute atomic E-state index is 12.6. The van der Waals surface area contributed by atoms with Crippen LogP contribution in [0.5, 0.6) is 5.75 Å². The van der Waals surface area contributed by atoms with E-state index in [0.717, 1.165) is 5.56 Å². The van der Waals surface area contributed by atoms with Gasteiger partial charge in [0.05, 0.1) is 12.1 Å². The van der Waals surface area contributed by atoms with Crippen molar-refractivity contribution in [2.75, 3.05) is 46.5 Å². The second-order valence-electron chi connectivity index (χ2n) is 6.37. The molecule has 0 spiro atoms. The third-order valence-electron chi connectivity index (χ3n) is 4.18. The number of carbonyl (C=O) groups is 3. The highest BCUT2D eigenvalue weighted by atomic mass is 16.5. The lowest BCUT2D eigenvalue weighted by Gasteiger charge is -2.22. The number of fused-ring (bicyclic) bond motifs is 1. The fraction of sp³-hybridized carbons (Fsp3) is 0.526. The Balaban J connectivity index is 2.13. The Hall–Kier alpha value is -2.61. The van der Waals surface area contributed by atoms with E-state index in [1.54, 1.807) is 17.0 Å². The van der Waals surface area contributed by atoms with Gasteiger partial charge in [0.2, 0.25) is 11.8 Å². The fourth-order valence-corrected chi connectivity index (χ4v) is 2.79. The number of ether oxygens (including phenoxy) is 2. The zero-order chi connectivity index (χ0) is 19.6. The van der Waals surface area contributed by atoms with E-state index in [-0.39, 0.29) is 30.9 Å². The smallest absolute Gasteiger partial charge is 0.255 e. The van der Waals surface area contributed by atoms with E-state index in [1.165, 1.54) is 7.11 Å². The van der Waals surface area contributed by atoms with Crippen molar-refractivity contribution >= 4 is 17.7 Å². The van der Waals surface area contributed by atoms with E-state index in [0.29, 0.717) is 50.3 Å². The van der Waals surface area contributed by atoms with E-state index in [2.05, 4.69) is 10.6 Å². The minimum Gasteiger partial charge on any atom is -0.491 e. The molecule has 2 N–H and O–H groups in total. The van der Waals surface area contributed by atoms with Crippen LogP contribution in [0.2, 0.25) is 0 Å². The van der Waals surface area contributed by atoms with Crippen molar-refractivity contribution in [1.82, 2.24) is 15.5 Å². The summed E-state index contributed by atoms with van der Waals surface area (Å²) in [5.41, 5.74) is 1.38. The maximum Gasteiger partial charge on any atom is 0.255 e. The highest BCUT2D eigenvalue weighted by molar-refractivity contribution is 5.97. The van der Waals surface area contributed by atoms with Crippen LogP contribution in [0, 0.1) is 6.92 Å². The number of hydrogen-bond donors (Lipinski definition) is 2. The molecule has 1 heterocycles. The lowest BCUT2D eigenvalue weighted by atomic mass is 10.1. The first-order chi connectivity index (χ1) is 13.0. The lowest BCUT2D eigenvalue weighted by molar-refractivity contribution is -0.135. The van der Waals surface area contributed by atoms with Crippen LogP contribution in [0.15, 0.2) is 18.2 Å². The average Bonchev–Trinajstić information content (AvgIpc) is 2.64. The molecular weight excluding hydrogens is 350 g/mol. The van der Waals surface area contributed by atoms with E-state index >= 15 is 0 Å².